The van der Waals surface area contributed by atoms with E-state index in [0.29, 0.717) is 10.1 Å². The molecule has 0 bridgehead atoms. The molecule has 1 aromatic carbocycles. The van der Waals surface area contributed by atoms with Gasteiger partial charge >= 0.3 is 0 Å². The van der Waals surface area contributed by atoms with Crippen LogP contribution in [0.4, 0.5) is 0 Å². The monoisotopic (exact) mass is 309 g/mol. The van der Waals surface area contributed by atoms with Crippen LogP contribution in [-0.2, 0) is 16.4 Å². The molecular formula is C13H15N3O2S2. The molecule has 1 N–H and O–H groups in total. The lowest BCUT2D eigenvalue weighted by Gasteiger charge is -2.03. The van der Waals surface area contributed by atoms with Crippen LogP contribution in [0.3, 0.4) is 0 Å². The Balaban J connectivity index is 2.10. The molecule has 106 valence electrons. The van der Waals surface area contributed by atoms with Crippen LogP contribution in [0.25, 0.3) is 0 Å². The number of nitrogens with one attached hydrogen (secondary N) is 1. The summed E-state index contributed by atoms with van der Waals surface area (Å²) >= 11 is 1.40. The first-order valence-electron chi connectivity index (χ1n) is 5.92. The van der Waals surface area contributed by atoms with E-state index in [0.717, 1.165) is 17.0 Å². The van der Waals surface area contributed by atoms with Crippen molar-refractivity contribution < 1.29 is 8.42 Å². The van der Waals surface area contributed by atoms with Crippen LogP contribution in [0.15, 0.2) is 51.6 Å². The van der Waals surface area contributed by atoms with E-state index in [1.54, 1.807) is 36.7 Å². The van der Waals surface area contributed by atoms with Crippen LogP contribution in [0, 0.1) is 0 Å². The molecule has 0 saturated carbocycles. The summed E-state index contributed by atoms with van der Waals surface area (Å²) in [5.41, 5.74) is 1.02. The van der Waals surface area contributed by atoms with Crippen molar-refractivity contribution in [2.75, 3.05) is 13.3 Å². The molecule has 7 heteroatoms. The molecule has 0 unspecified atom stereocenters. The van der Waals surface area contributed by atoms with E-state index < -0.39 is 9.84 Å². The van der Waals surface area contributed by atoms with Gasteiger partial charge in [-0.3, -0.25) is 0 Å². The maximum absolute atomic E-state index is 11.4. The minimum absolute atomic E-state index is 0.312. The predicted molar refractivity (Wildman–Crippen MR) is 78.5 cm³/mol. The zero-order valence-electron chi connectivity index (χ0n) is 11.2. The smallest absolute Gasteiger partial charge is 0.192 e. The number of rotatable bonds is 5. The van der Waals surface area contributed by atoms with Crippen LogP contribution >= 0.6 is 11.8 Å². The zero-order chi connectivity index (χ0) is 14.6. The lowest BCUT2D eigenvalue weighted by molar-refractivity contribution is 0.602. The zero-order valence-corrected chi connectivity index (χ0v) is 12.8. The number of hydrogen-bond donors (Lipinski definition) is 1. The molecule has 0 atom stereocenters. The van der Waals surface area contributed by atoms with Gasteiger partial charge in [0, 0.05) is 35.7 Å². The molecule has 5 nitrogen and oxygen atoms in total. The van der Waals surface area contributed by atoms with Crippen LogP contribution in [0.2, 0.25) is 0 Å². The van der Waals surface area contributed by atoms with Crippen molar-refractivity contribution in [1.29, 1.82) is 0 Å². The van der Waals surface area contributed by atoms with Crippen LogP contribution in [-0.4, -0.2) is 31.7 Å². The molecule has 2 rings (SSSR count). The van der Waals surface area contributed by atoms with Crippen molar-refractivity contribution in [3.63, 3.8) is 0 Å². The third kappa shape index (κ3) is 4.03. The van der Waals surface area contributed by atoms with Gasteiger partial charge in [0.2, 0.25) is 0 Å². The number of benzene rings is 1. The summed E-state index contributed by atoms with van der Waals surface area (Å²) in [6.07, 6.45) is 4.74. The van der Waals surface area contributed by atoms with Gasteiger partial charge < -0.3 is 5.32 Å². The highest BCUT2D eigenvalue weighted by Gasteiger charge is 2.07. The van der Waals surface area contributed by atoms with Crippen molar-refractivity contribution in [3.8, 4) is 0 Å². The fourth-order valence-corrected chi connectivity index (χ4v) is 2.88. The Morgan fingerprint density at radius 3 is 2.25 bits per heavy atom. The van der Waals surface area contributed by atoms with E-state index in [1.807, 2.05) is 7.05 Å². The van der Waals surface area contributed by atoms with Gasteiger partial charge in [-0.25, -0.2) is 18.4 Å². The Kier molecular flexibility index (Phi) is 4.74. The summed E-state index contributed by atoms with van der Waals surface area (Å²) in [4.78, 5) is 9.73. The molecular weight excluding hydrogens is 294 g/mol. The second-order valence-corrected chi connectivity index (χ2v) is 7.31. The highest BCUT2D eigenvalue weighted by molar-refractivity contribution is 7.99. The molecule has 2 aromatic rings. The Labute approximate surface area is 122 Å². The molecule has 0 aliphatic carbocycles. The molecule has 0 saturated heterocycles. The normalized spacial score (nSPS) is 11.5. The summed E-state index contributed by atoms with van der Waals surface area (Å²) < 4.78 is 22.7. The average Bonchev–Trinajstić information content (AvgIpc) is 2.41. The second kappa shape index (κ2) is 6.34. The Bertz CT molecular complexity index is 668. The van der Waals surface area contributed by atoms with E-state index in [4.69, 9.17) is 0 Å². The van der Waals surface area contributed by atoms with Crippen LogP contribution < -0.4 is 5.32 Å². The Hall–Kier alpha value is -1.44. The van der Waals surface area contributed by atoms with Gasteiger partial charge in [0.1, 0.15) is 0 Å². The summed E-state index contributed by atoms with van der Waals surface area (Å²) in [7, 11) is -1.28. The van der Waals surface area contributed by atoms with Crippen molar-refractivity contribution in [3.05, 3.63) is 42.2 Å². The topological polar surface area (TPSA) is 72.0 Å². The third-order valence-corrected chi connectivity index (χ3v) is 4.55. The summed E-state index contributed by atoms with van der Waals surface area (Å²) in [6.45, 7) is 0.730. The quantitative estimate of drug-likeness (QED) is 0.848. The summed E-state index contributed by atoms with van der Waals surface area (Å²) in [5.74, 6) is 0. The van der Waals surface area contributed by atoms with Crippen molar-refractivity contribution in [2.24, 2.45) is 0 Å². The highest BCUT2D eigenvalue weighted by atomic mass is 32.2. The third-order valence-electron chi connectivity index (χ3n) is 2.52. The first-order valence-corrected chi connectivity index (χ1v) is 8.63. The van der Waals surface area contributed by atoms with Gasteiger partial charge in [-0.2, -0.15) is 0 Å². The molecule has 0 spiro atoms. The molecule has 1 heterocycles. The molecule has 0 aliphatic heterocycles. The maximum atomic E-state index is 11.4. The van der Waals surface area contributed by atoms with E-state index in [-0.39, 0.29) is 0 Å². The SMILES string of the molecule is CNCc1cnc(Sc2ccc(S(C)(=O)=O)cc2)nc1. The lowest BCUT2D eigenvalue weighted by atomic mass is 10.3. The molecule has 0 radical (unpaired) electrons. The summed E-state index contributed by atoms with van der Waals surface area (Å²) in [5, 5.41) is 3.67. The van der Waals surface area contributed by atoms with E-state index in [2.05, 4.69) is 15.3 Å². The highest BCUT2D eigenvalue weighted by Crippen LogP contribution is 2.25. The minimum Gasteiger partial charge on any atom is -0.316 e. The second-order valence-electron chi connectivity index (χ2n) is 4.25. The summed E-state index contributed by atoms with van der Waals surface area (Å²) in [6, 6.07) is 6.69. The number of hydrogen-bond acceptors (Lipinski definition) is 6. The van der Waals surface area contributed by atoms with Gasteiger partial charge in [0.05, 0.1) is 4.90 Å². The maximum Gasteiger partial charge on any atom is 0.192 e. The van der Waals surface area contributed by atoms with Gasteiger partial charge in [-0.15, -0.1) is 0 Å². The fourth-order valence-electron chi connectivity index (χ4n) is 1.55. The Morgan fingerprint density at radius 2 is 1.75 bits per heavy atom. The van der Waals surface area contributed by atoms with Gasteiger partial charge in [-0.1, -0.05) is 0 Å². The predicted octanol–water partition coefficient (Wildman–Crippen LogP) is 1.75. The first kappa shape index (κ1) is 15.0. The van der Waals surface area contributed by atoms with Crippen LogP contribution in [0.5, 0.6) is 0 Å². The van der Waals surface area contributed by atoms with E-state index in [1.165, 1.54) is 18.0 Å². The fraction of sp³-hybridized carbons (Fsp3) is 0.231. The molecule has 1 aromatic heterocycles. The van der Waals surface area contributed by atoms with Crippen molar-refractivity contribution >= 4 is 21.6 Å². The van der Waals surface area contributed by atoms with E-state index in [9.17, 15) is 8.42 Å². The van der Waals surface area contributed by atoms with Gasteiger partial charge in [0.25, 0.3) is 0 Å². The Morgan fingerprint density at radius 1 is 1.15 bits per heavy atom. The molecule has 0 amide bonds. The van der Waals surface area contributed by atoms with Crippen molar-refractivity contribution in [2.45, 2.75) is 21.5 Å². The molecule has 0 fully saturated rings. The minimum atomic E-state index is -3.15. The van der Waals surface area contributed by atoms with Crippen LogP contribution in [0.1, 0.15) is 5.56 Å². The number of sulfone groups is 1. The lowest BCUT2D eigenvalue weighted by Crippen LogP contribution is -2.05. The standard InChI is InChI=1S/C13H15N3O2S2/c1-14-7-10-8-15-13(16-9-10)19-11-3-5-12(6-4-11)20(2,17)18/h3-6,8-9,14H,7H2,1-2H3. The number of nitrogens with zero attached hydrogens (tertiary/aromatic N) is 2. The first-order chi connectivity index (χ1) is 9.49. The van der Waals surface area contributed by atoms with Gasteiger partial charge in [0.15, 0.2) is 15.0 Å². The van der Waals surface area contributed by atoms with E-state index >= 15 is 0 Å². The molecule has 0 aliphatic rings. The van der Waals surface area contributed by atoms with Gasteiger partial charge in [-0.05, 0) is 43.1 Å². The van der Waals surface area contributed by atoms with Crippen molar-refractivity contribution in [1.82, 2.24) is 15.3 Å². The molecule has 20 heavy (non-hydrogen) atoms. The largest absolute Gasteiger partial charge is 0.316 e. The average molecular weight is 309 g/mol. The number of aromatic nitrogens is 2.